The van der Waals surface area contributed by atoms with Gasteiger partial charge in [-0.15, -0.1) is 11.3 Å². The minimum Gasteiger partial charge on any atom is -0.295 e. The van der Waals surface area contributed by atoms with Gasteiger partial charge in [0.2, 0.25) is 5.91 Å². The number of aryl methyl sites for hydroxylation is 2. The first-order valence-electron chi connectivity index (χ1n) is 5.53. The van der Waals surface area contributed by atoms with E-state index in [9.17, 15) is 4.79 Å². The molecule has 0 fully saturated rings. The number of nitrogens with one attached hydrogen (secondary N) is 1. The Morgan fingerprint density at radius 2 is 2.11 bits per heavy atom. The molecule has 2 aromatic heterocycles. The lowest BCUT2D eigenvalue weighted by atomic mass is 10.3. The molecule has 0 atom stereocenters. The predicted molar refractivity (Wildman–Crippen MR) is 69.8 cm³/mol. The average molecular weight is 265 g/mol. The highest BCUT2D eigenvalue weighted by Gasteiger charge is 2.11. The van der Waals surface area contributed by atoms with Crippen LogP contribution in [-0.4, -0.2) is 22.6 Å². The largest absolute Gasteiger partial charge is 0.295 e. The van der Waals surface area contributed by atoms with Crippen LogP contribution in [0.5, 0.6) is 0 Å². The van der Waals surface area contributed by atoms with Gasteiger partial charge in [-0.1, -0.05) is 0 Å². The quantitative estimate of drug-likeness (QED) is 0.857. The molecule has 0 aliphatic rings. The van der Waals surface area contributed by atoms with E-state index in [2.05, 4.69) is 19.9 Å². The van der Waals surface area contributed by atoms with Gasteiger partial charge in [0.05, 0.1) is 19.2 Å². The Kier molecular flexibility index (Phi) is 3.78. The van der Waals surface area contributed by atoms with Crippen molar-refractivity contribution >= 4 is 17.2 Å². The van der Waals surface area contributed by atoms with Gasteiger partial charge in [0, 0.05) is 16.8 Å². The Balaban J connectivity index is 2.18. The molecule has 1 amide bonds. The van der Waals surface area contributed by atoms with Gasteiger partial charge >= 0.3 is 0 Å². The van der Waals surface area contributed by atoms with Gasteiger partial charge in [-0.3, -0.25) is 14.2 Å². The minimum absolute atomic E-state index is 0.199. The van der Waals surface area contributed by atoms with Crippen molar-refractivity contribution in [1.29, 1.82) is 0 Å². The zero-order valence-corrected chi connectivity index (χ0v) is 11.4. The number of hydrogen-bond donors (Lipinski definition) is 1. The van der Waals surface area contributed by atoms with Crippen LogP contribution in [0.2, 0.25) is 0 Å². The highest BCUT2D eigenvalue weighted by atomic mass is 32.1. The molecule has 1 N–H and O–H groups in total. The third-order valence-corrected chi connectivity index (χ3v) is 3.43. The van der Waals surface area contributed by atoms with Crippen molar-refractivity contribution in [1.82, 2.24) is 15.0 Å². The molecular formula is C12H15N3O2S. The summed E-state index contributed by atoms with van der Waals surface area (Å²) in [6.45, 7) is 4.07. The fraction of sp³-hybridized carbons (Fsp3) is 0.333. The van der Waals surface area contributed by atoms with Crippen molar-refractivity contribution in [3.8, 4) is 5.13 Å². The van der Waals surface area contributed by atoms with E-state index in [1.54, 1.807) is 0 Å². The zero-order chi connectivity index (χ0) is 13.1. The summed E-state index contributed by atoms with van der Waals surface area (Å²) in [4.78, 5) is 20.4. The van der Waals surface area contributed by atoms with Crippen LogP contribution in [0.1, 0.15) is 17.1 Å². The molecule has 0 aromatic carbocycles. The molecule has 2 rings (SSSR count). The van der Waals surface area contributed by atoms with Gasteiger partial charge in [0.15, 0.2) is 5.13 Å². The zero-order valence-electron chi connectivity index (χ0n) is 10.6. The van der Waals surface area contributed by atoms with E-state index < -0.39 is 0 Å². The van der Waals surface area contributed by atoms with Crippen molar-refractivity contribution in [2.24, 2.45) is 0 Å². The Labute approximate surface area is 109 Å². The molecule has 0 saturated carbocycles. The molecule has 0 aliphatic carbocycles. The summed E-state index contributed by atoms with van der Waals surface area (Å²) in [5, 5.41) is 2.78. The van der Waals surface area contributed by atoms with E-state index >= 15 is 0 Å². The van der Waals surface area contributed by atoms with Crippen LogP contribution in [0.15, 0.2) is 17.5 Å². The maximum absolute atomic E-state index is 11.4. The Morgan fingerprint density at radius 3 is 2.72 bits per heavy atom. The smallest absolute Gasteiger partial charge is 0.249 e. The second-order valence-electron chi connectivity index (χ2n) is 3.98. The van der Waals surface area contributed by atoms with Crippen molar-refractivity contribution in [2.45, 2.75) is 20.3 Å². The van der Waals surface area contributed by atoms with Crippen LogP contribution in [0.25, 0.3) is 5.13 Å². The number of nitrogens with zero attached hydrogens (tertiary/aromatic N) is 2. The predicted octanol–water partition coefficient (Wildman–Crippen LogP) is 1.77. The number of amides is 1. The van der Waals surface area contributed by atoms with E-state index in [1.165, 1.54) is 18.4 Å². The number of hydrogen-bond acceptors (Lipinski definition) is 4. The summed E-state index contributed by atoms with van der Waals surface area (Å²) in [5.41, 5.74) is 5.29. The van der Waals surface area contributed by atoms with E-state index in [1.807, 2.05) is 31.4 Å². The third kappa shape index (κ3) is 2.60. The molecule has 96 valence electrons. The number of aromatic nitrogens is 2. The molecule has 0 unspecified atom stereocenters. The topological polar surface area (TPSA) is 56.1 Å². The van der Waals surface area contributed by atoms with Gasteiger partial charge < -0.3 is 0 Å². The maximum Gasteiger partial charge on any atom is 0.249 e. The van der Waals surface area contributed by atoms with E-state index in [-0.39, 0.29) is 12.3 Å². The minimum atomic E-state index is -0.199. The van der Waals surface area contributed by atoms with Crippen molar-refractivity contribution in [3.63, 3.8) is 0 Å². The molecule has 6 heteroatoms. The Morgan fingerprint density at radius 1 is 1.44 bits per heavy atom. The van der Waals surface area contributed by atoms with Gasteiger partial charge in [0.25, 0.3) is 0 Å². The lowest BCUT2D eigenvalue weighted by Crippen LogP contribution is -2.23. The first-order valence-corrected chi connectivity index (χ1v) is 6.41. The number of carbonyl (C=O) groups is 1. The fourth-order valence-corrected chi connectivity index (χ4v) is 2.71. The van der Waals surface area contributed by atoms with Crippen molar-refractivity contribution in [3.05, 3.63) is 34.6 Å². The molecular weight excluding hydrogens is 250 g/mol. The third-order valence-electron chi connectivity index (χ3n) is 2.56. The van der Waals surface area contributed by atoms with Crippen LogP contribution in [0.3, 0.4) is 0 Å². The molecule has 0 spiro atoms. The van der Waals surface area contributed by atoms with Crippen LogP contribution in [0, 0.1) is 13.8 Å². The van der Waals surface area contributed by atoms with Gasteiger partial charge in [-0.2, -0.15) is 0 Å². The van der Waals surface area contributed by atoms with Crippen LogP contribution in [-0.2, 0) is 16.1 Å². The number of thiazole rings is 1. The molecule has 0 aliphatic heterocycles. The van der Waals surface area contributed by atoms with Crippen LogP contribution >= 0.6 is 11.3 Å². The van der Waals surface area contributed by atoms with Gasteiger partial charge in [-0.25, -0.2) is 10.5 Å². The second kappa shape index (κ2) is 5.32. The van der Waals surface area contributed by atoms with Crippen molar-refractivity contribution < 1.29 is 9.63 Å². The first kappa shape index (κ1) is 12.8. The molecule has 2 aromatic rings. The summed E-state index contributed by atoms with van der Waals surface area (Å²) >= 11 is 1.53. The maximum atomic E-state index is 11.4. The molecule has 0 radical (unpaired) electrons. The van der Waals surface area contributed by atoms with E-state index in [0.29, 0.717) is 0 Å². The standard InChI is InChI=1S/C12H15N3O2S/c1-8-4-5-9(2)15(8)12-13-10(7-18-12)6-11(16)14-17-3/h4-5,7H,6H2,1-3H3,(H,14,16). The summed E-state index contributed by atoms with van der Waals surface area (Å²) in [6, 6.07) is 4.10. The highest BCUT2D eigenvalue weighted by molar-refractivity contribution is 7.12. The number of hydroxylamine groups is 1. The van der Waals surface area contributed by atoms with Gasteiger partial charge in [0.1, 0.15) is 0 Å². The van der Waals surface area contributed by atoms with E-state index in [4.69, 9.17) is 0 Å². The lowest BCUT2D eigenvalue weighted by molar-refractivity contribution is -0.130. The SMILES string of the molecule is CONC(=O)Cc1csc(-n2c(C)ccc2C)n1. The van der Waals surface area contributed by atoms with Crippen LogP contribution < -0.4 is 5.48 Å². The monoisotopic (exact) mass is 265 g/mol. The van der Waals surface area contributed by atoms with Crippen molar-refractivity contribution in [2.75, 3.05) is 7.11 Å². The average Bonchev–Trinajstić information content (AvgIpc) is 2.87. The summed E-state index contributed by atoms with van der Waals surface area (Å²) in [7, 11) is 1.41. The lowest BCUT2D eigenvalue weighted by Gasteiger charge is -2.04. The summed E-state index contributed by atoms with van der Waals surface area (Å²) < 4.78 is 2.07. The highest BCUT2D eigenvalue weighted by Crippen LogP contribution is 2.20. The van der Waals surface area contributed by atoms with Gasteiger partial charge in [-0.05, 0) is 26.0 Å². The number of rotatable bonds is 4. The molecule has 5 nitrogen and oxygen atoms in total. The molecule has 2 heterocycles. The molecule has 0 saturated heterocycles. The second-order valence-corrected chi connectivity index (χ2v) is 4.82. The fourth-order valence-electron chi connectivity index (χ4n) is 1.76. The van der Waals surface area contributed by atoms with E-state index in [0.717, 1.165) is 22.2 Å². The molecule has 18 heavy (non-hydrogen) atoms. The van der Waals surface area contributed by atoms with Crippen LogP contribution in [0.4, 0.5) is 0 Å². The first-order chi connectivity index (χ1) is 8.61. The number of carbonyl (C=O) groups excluding carboxylic acids is 1. The Hall–Kier alpha value is -1.66. The normalized spacial score (nSPS) is 10.6. The molecule has 0 bridgehead atoms. The summed E-state index contributed by atoms with van der Waals surface area (Å²) in [6.07, 6.45) is 0.226. The summed E-state index contributed by atoms with van der Waals surface area (Å²) in [5.74, 6) is -0.199. The Bertz CT molecular complexity index is 540.